The largest absolute Gasteiger partial charge is 0.544 e. The van der Waals surface area contributed by atoms with E-state index in [1.54, 1.807) is 21.1 Å². The average molecular weight is 874 g/mol. The molecule has 0 saturated heterocycles. The second kappa shape index (κ2) is 44.3. The number of hydrogen-bond acceptors (Lipinski definition) is 7. The fraction of sp³-hybridized carbons (Fsp3) is 0.582. The zero-order valence-electron chi connectivity index (χ0n) is 40.2. The number of allylic oxidation sites excluding steroid dienone is 20. The summed E-state index contributed by atoms with van der Waals surface area (Å²) in [5.74, 6) is -1.82. The van der Waals surface area contributed by atoms with Gasteiger partial charge in [0.2, 0.25) is 0 Å². The molecule has 0 bridgehead atoms. The van der Waals surface area contributed by atoms with Crippen LogP contribution < -0.4 is 5.11 Å². The van der Waals surface area contributed by atoms with Crippen LogP contribution in [0.25, 0.3) is 0 Å². The summed E-state index contributed by atoms with van der Waals surface area (Å²) in [6.07, 6.45) is 62.2. The van der Waals surface area contributed by atoms with E-state index in [-0.39, 0.29) is 49.1 Å². The number of esters is 2. The molecule has 0 amide bonds. The summed E-state index contributed by atoms with van der Waals surface area (Å²) >= 11 is 0. The van der Waals surface area contributed by atoms with Gasteiger partial charge in [-0.1, -0.05) is 187 Å². The van der Waals surface area contributed by atoms with Crippen molar-refractivity contribution >= 4 is 17.9 Å². The van der Waals surface area contributed by atoms with Gasteiger partial charge in [-0.3, -0.25) is 9.59 Å². The number of ether oxygens (including phenoxy) is 3. The highest BCUT2D eigenvalue weighted by Crippen LogP contribution is 2.14. The second-order valence-corrected chi connectivity index (χ2v) is 16.7. The van der Waals surface area contributed by atoms with Crippen molar-refractivity contribution in [2.75, 3.05) is 41.0 Å². The third kappa shape index (κ3) is 42.8. The Labute approximate surface area is 384 Å². The van der Waals surface area contributed by atoms with E-state index >= 15 is 0 Å². The van der Waals surface area contributed by atoms with Gasteiger partial charge in [-0.05, 0) is 70.6 Å². The van der Waals surface area contributed by atoms with Crippen LogP contribution >= 0.6 is 0 Å². The lowest BCUT2D eigenvalue weighted by Gasteiger charge is -2.34. The van der Waals surface area contributed by atoms with Crippen LogP contribution in [0, 0.1) is 0 Å². The SMILES string of the molecule is CC/C=C/C=C/C=C/C=C/C=C/C=C/CCCCCC(=O)OCC(COCCC(C(=O)[O-])[N+](C)(C)C)OC(=O)CCCCCCCCCCC/C=C/C/C=C/C/C=C/C/C=C/CC. The first-order valence-electron chi connectivity index (χ1n) is 24.1. The molecule has 8 nitrogen and oxygen atoms in total. The van der Waals surface area contributed by atoms with Gasteiger partial charge in [0.05, 0.1) is 40.3 Å². The maximum absolute atomic E-state index is 12.8. The van der Waals surface area contributed by atoms with Crippen molar-refractivity contribution in [1.82, 2.24) is 0 Å². The van der Waals surface area contributed by atoms with E-state index < -0.39 is 18.1 Å². The number of carbonyl (C=O) groups excluding carboxylic acids is 3. The van der Waals surface area contributed by atoms with Gasteiger partial charge in [-0.15, -0.1) is 0 Å². The van der Waals surface area contributed by atoms with Gasteiger partial charge in [-0.2, -0.15) is 0 Å². The number of nitrogens with zero attached hydrogens (tertiary/aromatic N) is 1. The number of carboxylic acids is 1. The van der Waals surface area contributed by atoms with Crippen molar-refractivity contribution in [2.24, 2.45) is 0 Å². The third-order valence-electron chi connectivity index (χ3n) is 10.0. The molecule has 0 radical (unpaired) electrons. The molecular formula is C55H87NO7. The average Bonchev–Trinajstić information content (AvgIpc) is 3.24. The molecule has 63 heavy (non-hydrogen) atoms. The first-order valence-corrected chi connectivity index (χ1v) is 24.1. The molecule has 2 unspecified atom stereocenters. The van der Waals surface area contributed by atoms with Crippen LogP contribution in [0.3, 0.4) is 0 Å². The molecule has 0 rings (SSSR count). The smallest absolute Gasteiger partial charge is 0.306 e. The van der Waals surface area contributed by atoms with Crippen molar-refractivity contribution in [3.8, 4) is 0 Å². The van der Waals surface area contributed by atoms with Crippen molar-refractivity contribution in [3.63, 3.8) is 0 Å². The van der Waals surface area contributed by atoms with Crippen molar-refractivity contribution in [2.45, 2.75) is 167 Å². The van der Waals surface area contributed by atoms with E-state index in [4.69, 9.17) is 14.2 Å². The van der Waals surface area contributed by atoms with Crippen molar-refractivity contribution in [3.05, 3.63) is 122 Å². The minimum atomic E-state index is -1.14. The maximum Gasteiger partial charge on any atom is 0.306 e. The Kier molecular flexibility index (Phi) is 41.3. The topological polar surface area (TPSA) is 102 Å². The zero-order chi connectivity index (χ0) is 46.3. The minimum Gasteiger partial charge on any atom is -0.544 e. The Bertz CT molecular complexity index is 1440. The fourth-order valence-electron chi connectivity index (χ4n) is 6.33. The predicted molar refractivity (Wildman–Crippen MR) is 263 cm³/mol. The van der Waals surface area contributed by atoms with Crippen molar-refractivity contribution in [1.29, 1.82) is 0 Å². The molecule has 0 heterocycles. The number of carboxylic acid groups (broad SMARTS) is 1. The lowest BCUT2D eigenvalue weighted by molar-refractivity contribution is -0.889. The van der Waals surface area contributed by atoms with E-state index in [9.17, 15) is 19.5 Å². The number of carbonyl (C=O) groups is 3. The highest BCUT2D eigenvalue weighted by atomic mass is 16.6. The molecule has 0 spiro atoms. The van der Waals surface area contributed by atoms with E-state index in [1.807, 2.05) is 60.8 Å². The zero-order valence-corrected chi connectivity index (χ0v) is 40.2. The number of aliphatic carboxylic acids is 1. The Hall–Kier alpha value is -4.27. The standard InChI is InChI=1S/C55H87NO7/c1-6-8-10-12-14-16-18-20-22-24-25-26-27-28-30-32-34-36-38-40-42-44-46-54(58)63-51(49-61-48-47-52(55(59)60)56(3,4)5)50-62-53(57)45-43-41-39-37-35-33-31-29-23-21-19-17-15-13-11-9-7-2/h8-11,13-17,19-23,25-26,29,31,33,35,51-52H,6-7,12,18,24,27-28,30,32,34,36-50H2,1-5H3/b10-8+,11-9+,15-13+,16-14+,19-17+,22-20+,23-21+,26-25+,31-29+,35-33+. The third-order valence-corrected chi connectivity index (χ3v) is 10.0. The quantitative estimate of drug-likeness (QED) is 0.0198. The van der Waals surface area contributed by atoms with Gasteiger partial charge in [-0.25, -0.2) is 0 Å². The molecule has 0 aromatic rings. The van der Waals surface area contributed by atoms with Crippen LogP contribution in [0.4, 0.5) is 0 Å². The molecule has 0 saturated carbocycles. The van der Waals surface area contributed by atoms with Crippen molar-refractivity contribution < 1.29 is 38.2 Å². The van der Waals surface area contributed by atoms with Crippen LogP contribution in [0.2, 0.25) is 0 Å². The summed E-state index contributed by atoms with van der Waals surface area (Å²) in [6.45, 7) is 4.33. The molecule has 0 fully saturated rings. The summed E-state index contributed by atoms with van der Waals surface area (Å²) in [4.78, 5) is 37.0. The van der Waals surface area contributed by atoms with Crippen LogP contribution in [-0.4, -0.2) is 75.5 Å². The highest BCUT2D eigenvalue weighted by molar-refractivity contribution is 5.70. The monoisotopic (exact) mass is 874 g/mol. The molecule has 2 atom stereocenters. The minimum absolute atomic E-state index is 0.0148. The summed E-state index contributed by atoms with van der Waals surface area (Å²) in [7, 11) is 5.38. The van der Waals surface area contributed by atoms with Gasteiger partial charge in [0, 0.05) is 19.3 Å². The van der Waals surface area contributed by atoms with Gasteiger partial charge < -0.3 is 28.6 Å². The van der Waals surface area contributed by atoms with Gasteiger partial charge >= 0.3 is 11.9 Å². The summed E-state index contributed by atoms with van der Waals surface area (Å²) in [5, 5.41) is 11.7. The molecule has 0 aliphatic heterocycles. The predicted octanol–water partition coefficient (Wildman–Crippen LogP) is 12.5. The number of likely N-dealkylation sites (N-methyl/N-ethyl adjacent to an activating group) is 1. The Balaban J connectivity index is 4.39. The Morgan fingerprint density at radius 1 is 0.492 bits per heavy atom. The molecule has 0 aliphatic carbocycles. The Morgan fingerprint density at radius 2 is 0.921 bits per heavy atom. The van der Waals surface area contributed by atoms with Crippen LogP contribution in [-0.2, 0) is 28.6 Å². The van der Waals surface area contributed by atoms with E-state index in [2.05, 4.69) is 74.6 Å². The summed E-state index contributed by atoms with van der Waals surface area (Å²) in [6, 6.07) is -0.742. The molecular weight excluding hydrogens is 787 g/mol. The molecule has 0 N–H and O–H groups in total. The summed E-state index contributed by atoms with van der Waals surface area (Å²) < 4.78 is 17.2. The molecule has 0 aliphatic rings. The second-order valence-electron chi connectivity index (χ2n) is 16.7. The molecule has 0 aromatic heterocycles. The number of quaternary nitrogens is 1. The molecule has 0 aromatic carbocycles. The van der Waals surface area contributed by atoms with Crippen LogP contribution in [0.15, 0.2) is 122 Å². The normalized spacial score (nSPS) is 14.0. The highest BCUT2D eigenvalue weighted by Gasteiger charge is 2.25. The first kappa shape index (κ1) is 58.7. The number of unbranched alkanes of at least 4 members (excludes halogenated alkanes) is 12. The van der Waals surface area contributed by atoms with Crippen LogP contribution in [0.1, 0.15) is 155 Å². The van der Waals surface area contributed by atoms with E-state index in [0.29, 0.717) is 12.8 Å². The van der Waals surface area contributed by atoms with E-state index in [0.717, 1.165) is 77.0 Å². The van der Waals surface area contributed by atoms with Gasteiger partial charge in [0.25, 0.3) is 0 Å². The lowest BCUT2D eigenvalue weighted by atomic mass is 10.1. The van der Waals surface area contributed by atoms with Gasteiger partial charge in [0.1, 0.15) is 12.6 Å². The number of rotatable bonds is 41. The molecule has 8 heteroatoms. The lowest BCUT2D eigenvalue weighted by Crippen LogP contribution is -2.55. The Morgan fingerprint density at radius 3 is 1.44 bits per heavy atom. The van der Waals surface area contributed by atoms with E-state index in [1.165, 1.54) is 38.5 Å². The van der Waals surface area contributed by atoms with Gasteiger partial charge in [0.15, 0.2) is 6.10 Å². The fourth-order valence-corrected chi connectivity index (χ4v) is 6.33. The maximum atomic E-state index is 12.8. The summed E-state index contributed by atoms with van der Waals surface area (Å²) in [5.41, 5.74) is 0. The van der Waals surface area contributed by atoms with Crippen LogP contribution in [0.5, 0.6) is 0 Å². The number of hydrogen-bond donors (Lipinski definition) is 0. The first-order chi connectivity index (χ1) is 30.6. The molecule has 354 valence electrons.